The predicted molar refractivity (Wildman–Crippen MR) is 238 cm³/mol. The molecule has 60 heavy (non-hydrogen) atoms. The van der Waals surface area contributed by atoms with E-state index in [1.807, 2.05) is 109 Å². The standard InChI is InChI=1S/C46H52N2O10S2/c1-5-43(49)54-27-26-48-46(53)58-38(29-56-42-23-15-13-21-40(42)36-18-10-7-11-19-36)31-60-34(4)33(3)59-30-37(57-45(52)47-25-24-32(2)44(50)51)28-55-41-22-14-12-20-39(41)35-16-8-6-9-17-35/h5-23,33-34,37-38H,1-2,24-31H2,3-4H3,(H,47,52)(H,48,53)(H,50,51). The summed E-state index contributed by atoms with van der Waals surface area (Å²) in [5.74, 6) is 0.365. The summed E-state index contributed by atoms with van der Waals surface area (Å²) in [5.41, 5.74) is 3.75. The normalized spacial score (nSPS) is 12.7. The number of hydrogen-bond donors (Lipinski definition) is 3. The van der Waals surface area contributed by atoms with Crippen LogP contribution in [0.5, 0.6) is 11.5 Å². The molecule has 0 aliphatic rings. The number of carbonyl (C=O) groups is 4. The fourth-order valence-electron chi connectivity index (χ4n) is 5.46. The zero-order chi connectivity index (χ0) is 43.1. The molecular formula is C46H52N2O10S2. The number of hydrogen-bond acceptors (Lipinski definition) is 11. The quantitative estimate of drug-likeness (QED) is 0.0253. The van der Waals surface area contributed by atoms with Crippen LogP contribution in [0.1, 0.15) is 20.3 Å². The molecule has 4 unspecified atom stereocenters. The van der Waals surface area contributed by atoms with Crippen LogP contribution in [-0.4, -0.2) is 96.4 Å². The first-order chi connectivity index (χ1) is 29.0. The van der Waals surface area contributed by atoms with E-state index in [9.17, 15) is 19.2 Å². The minimum Gasteiger partial charge on any atom is -0.489 e. The fraction of sp³-hybridized carbons (Fsp3) is 0.304. The second-order valence-corrected chi connectivity index (χ2v) is 16.2. The number of carbonyl (C=O) groups excluding carboxylic acids is 3. The zero-order valence-corrected chi connectivity index (χ0v) is 35.4. The number of alkyl carbamates (subject to hydrolysis) is 2. The predicted octanol–water partition coefficient (Wildman–Crippen LogP) is 8.67. The number of ether oxygens (including phenoxy) is 5. The number of nitrogens with one attached hydrogen (secondary N) is 2. The third kappa shape index (κ3) is 16.4. The maximum absolute atomic E-state index is 12.9. The van der Waals surface area contributed by atoms with Gasteiger partial charge in [0.25, 0.3) is 0 Å². The average Bonchev–Trinajstić information content (AvgIpc) is 3.27. The molecule has 14 heteroatoms. The first kappa shape index (κ1) is 46.8. The van der Waals surface area contributed by atoms with E-state index in [0.29, 0.717) is 23.0 Å². The van der Waals surface area contributed by atoms with Crippen molar-refractivity contribution in [3.8, 4) is 33.8 Å². The van der Waals surface area contributed by atoms with Crippen molar-refractivity contribution in [2.45, 2.75) is 43.0 Å². The SMILES string of the molecule is C=CC(=O)OCCNC(=O)OC(COc1ccccc1-c1ccccc1)CSC(C)C(C)SCC(COc1ccccc1-c1ccccc1)OC(=O)NCCC(=C)C(=O)O. The molecule has 0 saturated carbocycles. The Labute approximate surface area is 360 Å². The second-order valence-electron chi connectivity index (χ2n) is 13.4. The van der Waals surface area contributed by atoms with E-state index in [2.05, 4.69) is 37.6 Å². The van der Waals surface area contributed by atoms with Crippen LogP contribution < -0.4 is 20.1 Å². The Kier molecular flexibility index (Phi) is 20.0. The van der Waals surface area contributed by atoms with Crippen LogP contribution in [0.4, 0.5) is 9.59 Å². The molecule has 0 heterocycles. The third-order valence-electron chi connectivity index (χ3n) is 8.87. The highest BCUT2D eigenvalue weighted by atomic mass is 32.2. The molecule has 3 N–H and O–H groups in total. The summed E-state index contributed by atoms with van der Waals surface area (Å²) >= 11 is 3.20. The van der Waals surface area contributed by atoms with Gasteiger partial charge in [0.1, 0.15) is 43.5 Å². The van der Waals surface area contributed by atoms with Crippen molar-refractivity contribution in [3.63, 3.8) is 0 Å². The van der Waals surface area contributed by atoms with Gasteiger partial charge in [0.2, 0.25) is 0 Å². The van der Waals surface area contributed by atoms with Crippen molar-refractivity contribution in [3.05, 3.63) is 134 Å². The molecule has 0 aliphatic heterocycles. The maximum Gasteiger partial charge on any atom is 0.407 e. The highest BCUT2D eigenvalue weighted by Gasteiger charge is 2.24. The van der Waals surface area contributed by atoms with Crippen molar-refractivity contribution in [2.75, 3.05) is 44.4 Å². The summed E-state index contributed by atoms with van der Waals surface area (Å²) < 4.78 is 29.1. The van der Waals surface area contributed by atoms with E-state index in [4.69, 9.17) is 28.8 Å². The van der Waals surface area contributed by atoms with Crippen molar-refractivity contribution in [2.24, 2.45) is 0 Å². The number of rotatable bonds is 25. The first-order valence-electron chi connectivity index (χ1n) is 19.4. The van der Waals surface area contributed by atoms with Crippen LogP contribution in [0.25, 0.3) is 22.3 Å². The third-order valence-corrected chi connectivity index (χ3v) is 12.0. The summed E-state index contributed by atoms with van der Waals surface area (Å²) in [4.78, 5) is 48.3. The van der Waals surface area contributed by atoms with Crippen molar-refractivity contribution in [1.82, 2.24) is 10.6 Å². The second kappa shape index (κ2) is 25.6. The number of carboxylic acid groups (broad SMARTS) is 1. The van der Waals surface area contributed by atoms with Gasteiger partial charge in [-0.3, -0.25) is 0 Å². The fourth-order valence-corrected chi connectivity index (χ4v) is 7.83. The lowest BCUT2D eigenvalue weighted by Gasteiger charge is -2.25. The van der Waals surface area contributed by atoms with Crippen LogP contribution in [0.3, 0.4) is 0 Å². The van der Waals surface area contributed by atoms with Gasteiger partial charge in [-0.1, -0.05) is 124 Å². The Morgan fingerprint density at radius 1 is 0.667 bits per heavy atom. The molecule has 0 spiro atoms. The molecule has 4 rings (SSSR count). The van der Waals surface area contributed by atoms with Crippen molar-refractivity contribution in [1.29, 1.82) is 0 Å². The lowest BCUT2D eigenvalue weighted by Crippen LogP contribution is -2.36. The monoisotopic (exact) mass is 856 g/mol. The Morgan fingerprint density at radius 3 is 1.55 bits per heavy atom. The molecule has 318 valence electrons. The lowest BCUT2D eigenvalue weighted by molar-refractivity contribution is -0.137. The minimum absolute atomic E-state index is 0.0213. The maximum atomic E-state index is 12.9. The van der Waals surface area contributed by atoms with Gasteiger partial charge < -0.3 is 39.4 Å². The summed E-state index contributed by atoms with van der Waals surface area (Å²) in [6, 6.07) is 35.0. The summed E-state index contributed by atoms with van der Waals surface area (Å²) in [6.07, 6.45) is -1.57. The number of amides is 2. The number of esters is 1. The van der Waals surface area contributed by atoms with E-state index in [1.165, 1.54) is 0 Å². The summed E-state index contributed by atoms with van der Waals surface area (Å²) in [6.45, 7) is 11.2. The smallest absolute Gasteiger partial charge is 0.407 e. The molecule has 12 nitrogen and oxygen atoms in total. The van der Waals surface area contributed by atoms with Gasteiger partial charge >= 0.3 is 24.1 Å². The number of para-hydroxylation sites is 2. The van der Waals surface area contributed by atoms with E-state index in [0.717, 1.165) is 28.3 Å². The number of aliphatic carboxylic acids is 1. The summed E-state index contributed by atoms with van der Waals surface area (Å²) in [7, 11) is 0. The minimum atomic E-state index is -1.13. The Hall–Kier alpha value is -5.86. The Morgan fingerprint density at radius 2 is 1.10 bits per heavy atom. The topological polar surface area (TPSA) is 159 Å². The average molecular weight is 857 g/mol. The van der Waals surface area contributed by atoms with Crippen molar-refractivity contribution >= 4 is 47.6 Å². The number of benzene rings is 4. The molecule has 0 saturated heterocycles. The Bertz CT molecular complexity index is 2000. The largest absolute Gasteiger partial charge is 0.489 e. The molecule has 4 atom stereocenters. The molecule has 0 radical (unpaired) electrons. The van der Waals surface area contributed by atoms with E-state index >= 15 is 0 Å². The molecule has 0 bridgehead atoms. The highest BCUT2D eigenvalue weighted by molar-refractivity contribution is 8.03. The van der Waals surface area contributed by atoms with Gasteiger partial charge in [-0.25, -0.2) is 19.2 Å². The van der Waals surface area contributed by atoms with Crippen LogP contribution in [0, 0.1) is 0 Å². The van der Waals surface area contributed by atoms with Gasteiger partial charge in [0, 0.05) is 51.3 Å². The highest BCUT2D eigenvalue weighted by Crippen LogP contribution is 2.32. The molecule has 2 amide bonds. The Balaban J connectivity index is 1.39. The lowest BCUT2D eigenvalue weighted by atomic mass is 10.1. The zero-order valence-electron chi connectivity index (χ0n) is 33.8. The van der Waals surface area contributed by atoms with Gasteiger partial charge in [0.05, 0.1) is 6.54 Å². The van der Waals surface area contributed by atoms with Crippen LogP contribution in [0.15, 0.2) is 134 Å². The molecular weight excluding hydrogens is 805 g/mol. The molecule has 0 aliphatic carbocycles. The van der Waals surface area contributed by atoms with E-state index in [1.54, 1.807) is 23.5 Å². The molecule has 0 aromatic heterocycles. The molecule has 0 fully saturated rings. The van der Waals surface area contributed by atoms with Crippen molar-refractivity contribution < 1.29 is 48.0 Å². The van der Waals surface area contributed by atoms with E-state index < -0.39 is 36.3 Å². The molecule has 4 aromatic rings. The summed E-state index contributed by atoms with van der Waals surface area (Å²) in [5, 5.41) is 14.5. The van der Waals surface area contributed by atoms with Gasteiger partial charge in [-0.2, -0.15) is 23.5 Å². The van der Waals surface area contributed by atoms with Gasteiger partial charge in [-0.05, 0) is 29.7 Å². The van der Waals surface area contributed by atoms with Crippen LogP contribution >= 0.6 is 23.5 Å². The van der Waals surface area contributed by atoms with E-state index in [-0.39, 0.29) is 55.4 Å². The van der Waals surface area contributed by atoms with Crippen LogP contribution in [0.2, 0.25) is 0 Å². The van der Waals surface area contributed by atoms with Gasteiger partial charge in [-0.15, -0.1) is 0 Å². The number of carboxylic acids is 1. The number of thioether (sulfide) groups is 2. The van der Waals surface area contributed by atoms with Gasteiger partial charge in [0.15, 0.2) is 0 Å². The van der Waals surface area contributed by atoms with Crippen LogP contribution in [-0.2, 0) is 23.8 Å². The molecule has 4 aromatic carbocycles. The first-order valence-corrected chi connectivity index (χ1v) is 21.5.